The zero-order valence-electron chi connectivity index (χ0n) is 13.3. The van der Waals surface area contributed by atoms with E-state index in [0.29, 0.717) is 5.56 Å². The monoisotopic (exact) mass is 332 g/mol. The van der Waals surface area contributed by atoms with E-state index in [1.54, 1.807) is 12.3 Å². The average Bonchev–Trinajstić information content (AvgIpc) is 2.61. The fraction of sp³-hybridized carbons (Fsp3) is 0.316. The van der Waals surface area contributed by atoms with E-state index >= 15 is 0 Å². The van der Waals surface area contributed by atoms with Crippen molar-refractivity contribution in [2.24, 2.45) is 0 Å². The van der Waals surface area contributed by atoms with Crippen LogP contribution in [-0.4, -0.2) is 29.5 Å². The molecule has 1 aliphatic heterocycles. The molecule has 0 atom stereocenters. The van der Waals surface area contributed by atoms with Crippen molar-refractivity contribution >= 4 is 5.57 Å². The highest BCUT2D eigenvalue weighted by Gasteiger charge is 2.30. The molecule has 0 amide bonds. The Bertz CT molecular complexity index is 708. The second-order valence-corrected chi connectivity index (χ2v) is 5.97. The van der Waals surface area contributed by atoms with Gasteiger partial charge < -0.3 is 0 Å². The van der Waals surface area contributed by atoms with Gasteiger partial charge in [0.1, 0.15) is 0 Å². The molecule has 2 nitrogen and oxygen atoms in total. The highest BCUT2D eigenvalue weighted by Crippen LogP contribution is 2.32. The third-order valence-corrected chi connectivity index (χ3v) is 4.29. The van der Waals surface area contributed by atoms with Crippen molar-refractivity contribution < 1.29 is 13.2 Å². The van der Waals surface area contributed by atoms with E-state index in [4.69, 9.17) is 0 Å². The van der Waals surface area contributed by atoms with Crippen LogP contribution in [0.1, 0.15) is 23.1 Å². The number of rotatable bonds is 4. The molecule has 1 aromatic heterocycles. The van der Waals surface area contributed by atoms with Gasteiger partial charge in [0.2, 0.25) is 0 Å². The fourth-order valence-corrected chi connectivity index (χ4v) is 2.90. The summed E-state index contributed by atoms with van der Waals surface area (Å²) in [5, 5.41) is 0. The number of hydrogen-bond acceptors (Lipinski definition) is 2. The number of pyridine rings is 1. The van der Waals surface area contributed by atoms with Crippen LogP contribution in [0, 0.1) is 0 Å². The lowest BCUT2D eigenvalue weighted by atomic mass is 9.97. The molecule has 3 rings (SSSR count). The Morgan fingerprint density at radius 3 is 2.67 bits per heavy atom. The second-order valence-electron chi connectivity index (χ2n) is 5.97. The van der Waals surface area contributed by atoms with Gasteiger partial charge in [0, 0.05) is 32.0 Å². The van der Waals surface area contributed by atoms with Crippen LogP contribution in [0.25, 0.3) is 5.57 Å². The number of aromatic nitrogens is 1. The van der Waals surface area contributed by atoms with Gasteiger partial charge in [-0.25, -0.2) is 0 Å². The van der Waals surface area contributed by atoms with Gasteiger partial charge >= 0.3 is 6.18 Å². The topological polar surface area (TPSA) is 16.1 Å². The Balaban J connectivity index is 1.61. The third kappa shape index (κ3) is 4.23. The van der Waals surface area contributed by atoms with Crippen LogP contribution in [-0.2, 0) is 12.6 Å². The van der Waals surface area contributed by atoms with Gasteiger partial charge in [-0.3, -0.25) is 9.88 Å². The molecule has 0 N–H and O–H groups in total. The standard InChI is InChI=1S/C19H19F3N2/c20-19(21,22)18-5-1-4-17(13-18)16-7-11-24(12-8-16)10-6-15-3-2-9-23-14-15/h1-5,7,9,13-14H,6,8,10-12H2. The first-order valence-corrected chi connectivity index (χ1v) is 8.00. The van der Waals surface area contributed by atoms with Crippen LogP contribution in [0.2, 0.25) is 0 Å². The minimum absolute atomic E-state index is 0.583. The van der Waals surface area contributed by atoms with Crippen LogP contribution < -0.4 is 0 Å². The fourth-order valence-electron chi connectivity index (χ4n) is 2.90. The second kappa shape index (κ2) is 7.18. The first-order valence-electron chi connectivity index (χ1n) is 8.00. The Kier molecular flexibility index (Phi) is 5.00. The molecule has 0 saturated heterocycles. The van der Waals surface area contributed by atoms with Crippen LogP contribution in [0.15, 0.2) is 54.9 Å². The van der Waals surface area contributed by atoms with Gasteiger partial charge in [-0.2, -0.15) is 13.2 Å². The number of hydrogen-bond donors (Lipinski definition) is 0. The molecule has 1 aromatic carbocycles. The molecular formula is C19H19F3N2. The number of benzene rings is 1. The van der Waals surface area contributed by atoms with E-state index in [1.807, 2.05) is 18.3 Å². The summed E-state index contributed by atoms with van der Waals surface area (Å²) in [4.78, 5) is 6.42. The van der Waals surface area contributed by atoms with Crippen molar-refractivity contribution in [2.45, 2.75) is 19.0 Å². The van der Waals surface area contributed by atoms with Gasteiger partial charge in [-0.1, -0.05) is 24.3 Å². The molecule has 5 heteroatoms. The van der Waals surface area contributed by atoms with Crippen LogP contribution in [0.5, 0.6) is 0 Å². The third-order valence-electron chi connectivity index (χ3n) is 4.29. The first-order chi connectivity index (χ1) is 11.5. The average molecular weight is 332 g/mol. The van der Waals surface area contributed by atoms with Gasteiger partial charge in [-0.15, -0.1) is 0 Å². The molecule has 0 radical (unpaired) electrons. The molecule has 126 valence electrons. The minimum Gasteiger partial charge on any atom is -0.299 e. The zero-order chi connectivity index (χ0) is 17.0. The van der Waals surface area contributed by atoms with Crippen molar-refractivity contribution in [3.05, 3.63) is 71.6 Å². The number of nitrogens with zero attached hydrogens (tertiary/aromatic N) is 2. The Morgan fingerprint density at radius 1 is 1.12 bits per heavy atom. The summed E-state index contributed by atoms with van der Waals surface area (Å²) in [6, 6.07) is 9.59. The van der Waals surface area contributed by atoms with Crippen LogP contribution in [0.3, 0.4) is 0 Å². The molecule has 0 fully saturated rings. The molecule has 0 spiro atoms. The van der Waals surface area contributed by atoms with Crippen molar-refractivity contribution in [1.29, 1.82) is 0 Å². The lowest BCUT2D eigenvalue weighted by Gasteiger charge is -2.26. The van der Waals surface area contributed by atoms with Gasteiger partial charge in [0.05, 0.1) is 5.56 Å². The predicted octanol–water partition coefficient (Wildman–Crippen LogP) is 4.43. The normalized spacial score (nSPS) is 16.0. The Labute approximate surface area is 139 Å². The predicted molar refractivity (Wildman–Crippen MR) is 88.4 cm³/mol. The van der Waals surface area contributed by atoms with Gasteiger partial charge in [0.25, 0.3) is 0 Å². The van der Waals surface area contributed by atoms with E-state index in [1.165, 1.54) is 17.7 Å². The number of alkyl halides is 3. The summed E-state index contributed by atoms with van der Waals surface area (Å²) in [7, 11) is 0. The Hall–Kier alpha value is -2.14. The van der Waals surface area contributed by atoms with E-state index in [9.17, 15) is 13.2 Å². The van der Waals surface area contributed by atoms with E-state index in [0.717, 1.165) is 44.1 Å². The van der Waals surface area contributed by atoms with E-state index in [2.05, 4.69) is 16.0 Å². The summed E-state index contributed by atoms with van der Waals surface area (Å²) in [6.45, 7) is 2.56. The molecule has 2 heterocycles. The van der Waals surface area contributed by atoms with Crippen molar-refractivity contribution in [1.82, 2.24) is 9.88 Å². The first kappa shape index (κ1) is 16.7. The zero-order valence-corrected chi connectivity index (χ0v) is 13.3. The quantitative estimate of drug-likeness (QED) is 0.823. The SMILES string of the molecule is FC(F)(F)c1cccc(C2=CCN(CCc3cccnc3)CC2)c1. The lowest BCUT2D eigenvalue weighted by molar-refractivity contribution is -0.137. The van der Waals surface area contributed by atoms with Crippen molar-refractivity contribution in [2.75, 3.05) is 19.6 Å². The molecule has 0 unspecified atom stereocenters. The lowest BCUT2D eigenvalue weighted by Crippen LogP contribution is -2.30. The van der Waals surface area contributed by atoms with Crippen LogP contribution >= 0.6 is 0 Å². The summed E-state index contributed by atoms with van der Waals surface area (Å²) < 4.78 is 38.5. The van der Waals surface area contributed by atoms with Gasteiger partial charge in [-0.05, 0) is 47.7 Å². The maximum Gasteiger partial charge on any atom is 0.416 e. The number of halogens is 3. The summed E-state index contributed by atoms with van der Waals surface area (Å²) >= 11 is 0. The van der Waals surface area contributed by atoms with E-state index < -0.39 is 11.7 Å². The minimum atomic E-state index is -4.29. The molecule has 0 bridgehead atoms. The summed E-state index contributed by atoms with van der Waals surface area (Å²) in [6.07, 6.45) is 3.08. The largest absolute Gasteiger partial charge is 0.416 e. The molecule has 0 saturated carbocycles. The van der Waals surface area contributed by atoms with Crippen LogP contribution in [0.4, 0.5) is 13.2 Å². The molecule has 1 aliphatic rings. The summed E-state index contributed by atoms with van der Waals surface area (Å²) in [5.74, 6) is 0. The highest BCUT2D eigenvalue weighted by molar-refractivity contribution is 5.67. The molecule has 0 aliphatic carbocycles. The maximum absolute atomic E-state index is 12.8. The van der Waals surface area contributed by atoms with E-state index in [-0.39, 0.29) is 0 Å². The van der Waals surface area contributed by atoms with Crippen molar-refractivity contribution in [3.63, 3.8) is 0 Å². The molecule has 24 heavy (non-hydrogen) atoms. The molecular weight excluding hydrogens is 313 g/mol. The van der Waals surface area contributed by atoms with Crippen molar-refractivity contribution in [3.8, 4) is 0 Å². The smallest absolute Gasteiger partial charge is 0.299 e. The van der Waals surface area contributed by atoms with Gasteiger partial charge in [0.15, 0.2) is 0 Å². The highest BCUT2D eigenvalue weighted by atomic mass is 19.4. The Morgan fingerprint density at radius 2 is 2.00 bits per heavy atom. The molecule has 2 aromatic rings. The maximum atomic E-state index is 12.8. The summed E-state index contributed by atoms with van der Waals surface area (Å²) in [5.41, 5.74) is 2.29.